The highest BCUT2D eigenvalue weighted by Crippen LogP contribution is 2.33. The number of aromatic nitrogens is 5. The predicted octanol–water partition coefficient (Wildman–Crippen LogP) is 3.74. The van der Waals surface area contributed by atoms with Crippen LogP contribution in [-0.4, -0.2) is 24.3 Å². The molecule has 0 aliphatic heterocycles. The molecule has 6 nitrogen and oxygen atoms in total. The molecule has 24 heavy (non-hydrogen) atoms. The fourth-order valence-corrected chi connectivity index (χ4v) is 3.45. The molecule has 1 aliphatic rings. The maximum Gasteiger partial charge on any atom is 0.233 e. The number of rotatable bonds is 5. The molecule has 3 aromatic rings. The van der Waals surface area contributed by atoms with Crippen molar-refractivity contribution in [2.24, 2.45) is 0 Å². The molecule has 3 heterocycles. The van der Waals surface area contributed by atoms with Crippen molar-refractivity contribution in [2.75, 3.05) is 5.32 Å². The molecule has 0 aromatic carbocycles. The molecule has 0 radical (unpaired) electrons. The molecule has 1 N–H and O–H groups in total. The van der Waals surface area contributed by atoms with E-state index in [0.29, 0.717) is 17.6 Å². The summed E-state index contributed by atoms with van der Waals surface area (Å²) < 4.78 is 1.94. The van der Waals surface area contributed by atoms with E-state index in [4.69, 9.17) is 4.98 Å². The molecule has 4 rings (SSSR count). The highest BCUT2D eigenvalue weighted by atomic mass is 15.1. The molecule has 0 spiro atoms. The summed E-state index contributed by atoms with van der Waals surface area (Å²) in [5.41, 5.74) is 2.13. The van der Waals surface area contributed by atoms with Crippen molar-refractivity contribution in [2.45, 2.75) is 51.0 Å². The van der Waals surface area contributed by atoms with Gasteiger partial charge in [-0.25, -0.2) is 19.9 Å². The SMILES string of the molecule is CCC(Nc1nccc(C2CCCC2)n1)c1cn2cccnc2n1. The maximum absolute atomic E-state index is 4.75. The fourth-order valence-electron chi connectivity index (χ4n) is 3.45. The van der Waals surface area contributed by atoms with Crippen LogP contribution in [-0.2, 0) is 0 Å². The number of nitrogens with one attached hydrogen (secondary N) is 1. The van der Waals surface area contributed by atoms with E-state index < -0.39 is 0 Å². The van der Waals surface area contributed by atoms with E-state index in [1.165, 1.54) is 25.7 Å². The second-order valence-corrected chi connectivity index (χ2v) is 6.38. The van der Waals surface area contributed by atoms with E-state index in [1.807, 2.05) is 29.1 Å². The van der Waals surface area contributed by atoms with E-state index in [2.05, 4.69) is 33.3 Å². The van der Waals surface area contributed by atoms with E-state index in [9.17, 15) is 0 Å². The number of fused-ring (bicyclic) bond motifs is 1. The summed E-state index contributed by atoms with van der Waals surface area (Å²) in [5, 5.41) is 3.44. The third-order valence-corrected chi connectivity index (χ3v) is 4.77. The van der Waals surface area contributed by atoms with Gasteiger partial charge in [0.05, 0.1) is 11.7 Å². The summed E-state index contributed by atoms with van der Waals surface area (Å²) in [6.07, 6.45) is 13.6. The van der Waals surface area contributed by atoms with Gasteiger partial charge < -0.3 is 5.32 Å². The summed E-state index contributed by atoms with van der Waals surface area (Å²) >= 11 is 0. The summed E-state index contributed by atoms with van der Waals surface area (Å²) in [6.45, 7) is 2.13. The number of hydrogen-bond donors (Lipinski definition) is 1. The van der Waals surface area contributed by atoms with Gasteiger partial charge >= 0.3 is 0 Å². The van der Waals surface area contributed by atoms with Crippen LogP contribution in [0.2, 0.25) is 0 Å². The first-order valence-electron chi connectivity index (χ1n) is 8.72. The lowest BCUT2D eigenvalue weighted by Crippen LogP contribution is -2.13. The van der Waals surface area contributed by atoms with Crippen LogP contribution in [0.1, 0.15) is 62.4 Å². The highest BCUT2D eigenvalue weighted by Gasteiger charge is 2.20. The quantitative estimate of drug-likeness (QED) is 0.775. The first-order valence-corrected chi connectivity index (χ1v) is 8.72. The third-order valence-electron chi connectivity index (χ3n) is 4.77. The highest BCUT2D eigenvalue weighted by molar-refractivity contribution is 5.35. The van der Waals surface area contributed by atoms with Crippen LogP contribution in [0.25, 0.3) is 5.78 Å². The normalized spacial score (nSPS) is 16.5. The Hall–Kier alpha value is -2.50. The minimum atomic E-state index is 0.0746. The second kappa shape index (κ2) is 6.55. The Bertz CT molecular complexity index is 788. The van der Waals surface area contributed by atoms with Crippen LogP contribution in [0.5, 0.6) is 0 Å². The van der Waals surface area contributed by atoms with Gasteiger partial charge in [0, 0.05) is 36.4 Å². The van der Waals surface area contributed by atoms with Gasteiger partial charge in [0.25, 0.3) is 0 Å². The molecular weight excluding hydrogens is 300 g/mol. The van der Waals surface area contributed by atoms with Crippen molar-refractivity contribution in [3.05, 3.63) is 48.3 Å². The van der Waals surface area contributed by atoms with E-state index in [0.717, 1.165) is 17.8 Å². The number of anilines is 1. The maximum atomic E-state index is 4.75. The Morgan fingerprint density at radius 1 is 1.21 bits per heavy atom. The summed E-state index contributed by atoms with van der Waals surface area (Å²) in [6, 6.07) is 4.03. The van der Waals surface area contributed by atoms with Crippen LogP contribution in [0.4, 0.5) is 5.95 Å². The van der Waals surface area contributed by atoms with Crippen molar-refractivity contribution in [1.29, 1.82) is 0 Å². The molecule has 6 heteroatoms. The molecular formula is C18H22N6. The third kappa shape index (κ3) is 2.96. The largest absolute Gasteiger partial charge is 0.346 e. The lowest BCUT2D eigenvalue weighted by atomic mass is 10.0. The van der Waals surface area contributed by atoms with Gasteiger partial charge in [-0.2, -0.15) is 0 Å². The first-order chi connectivity index (χ1) is 11.8. The Balaban J connectivity index is 1.57. The van der Waals surface area contributed by atoms with Gasteiger partial charge in [-0.15, -0.1) is 0 Å². The average Bonchev–Trinajstić information content (AvgIpc) is 3.29. The molecule has 1 saturated carbocycles. The molecule has 1 aliphatic carbocycles. The van der Waals surface area contributed by atoms with Crippen molar-refractivity contribution in [1.82, 2.24) is 24.3 Å². The van der Waals surface area contributed by atoms with Crippen molar-refractivity contribution in [3.8, 4) is 0 Å². The zero-order valence-electron chi connectivity index (χ0n) is 13.9. The smallest absolute Gasteiger partial charge is 0.233 e. The van der Waals surface area contributed by atoms with Crippen molar-refractivity contribution < 1.29 is 0 Å². The summed E-state index contributed by atoms with van der Waals surface area (Å²) in [7, 11) is 0. The van der Waals surface area contributed by atoms with E-state index in [1.54, 1.807) is 6.20 Å². The molecule has 0 saturated heterocycles. The second-order valence-electron chi connectivity index (χ2n) is 6.38. The average molecular weight is 322 g/mol. The van der Waals surface area contributed by atoms with Crippen molar-refractivity contribution in [3.63, 3.8) is 0 Å². The molecule has 0 bridgehead atoms. The lowest BCUT2D eigenvalue weighted by molar-refractivity contribution is 0.683. The van der Waals surface area contributed by atoms with Gasteiger partial charge in [0.2, 0.25) is 11.7 Å². The Kier molecular flexibility index (Phi) is 4.11. The minimum Gasteiger partial charge on any atom is -0.346 e. The summed E-state index contributed by atoms with van der Waals surface area (Å²) in [5.74, 6) is 2.00. The van der Waals surface area contributed by atoms with Gasteiger partial charge in [0.1, 0.15) is 0 Å². The van der Waals surface area contributed by atoms with Crippen LogP contribution < -0.4 is 5.32 Å². The van der Waals surface area contributed by atoms with Gasteiger partial charge in [-0.05, 0) is 31.4 Å². The van der Waals surface area contributed by atoms with Crippen LogP contribution >= 0.6 is 0 Å². The molecule has 1 unspecified atom stereocenters. The monoisotopic (exact) mass is 322 g/mol. The zero-order chi connectivity index (χ0) is 16.4. The number of hydrogen-bond acceptors (Lipinski definition) is 5. The fraction of sp³-hybridized carbons (Fsp3) is 0.444. The topological polar surface area (TPSA) is 68.0 Å². The predicted molar refractivity (Wildman–Crippen MR) is 92.9 cm³/mol. The van der Waals surface area contributed by atoms with Gasteiger partial charge in [-0.3, -0.25) is 4.40 Å². The zero-order valence-corrected chi connectivity index (χ0v) is 13.9. The molecule has 1 fully saturated rings. The minimum absolute atomic E-state index is 0.0746. The van der Waals surface area contributed by atoms with Gasteiger partial charge in [-0.1, -0.05) is 19.8 Å². The van der Waals surface area contributed by atoms with Crippen LogP contribution in [0, 0.1) is 0 Å². The first kappa shape index (κ1) is 15.1. The molecule has 1 atom stereocenters. The Morgan fingerprint density at radius 3 is 2.88 bits per heavy atom. The van der Waals surface area contributed by atoms with E-state index >= 15 is 0 Å². The summed E-state index contributed by atoms with van der Waals surface area (Å²) in [4.78, 5) is 18.1. The number of imidazole rings is 1. The molecule has 0 amide bonds. The standard InChI is InChI=1S/C18H22N6/c1-2-14(16-12-24-11-5-9-20-18(24)23-16)21-17-19-10-8-15(22-17)13-6-3-4-7-13/h5,8-14H,2-4,6-7H2,1H3,(H,19,21,22). The molecule has 124 valence electrons. The van der Waals surface area contributed by atoms with Crippen LogP contribution in [0.3, 0.4) is 0 Å². The number of nitrogens with zero attached hydrogens (tertiary/aromatic N) is 5. The van der Waals surface area contributed by atoms with Gasteiger partial charge in [0.15, 0.2) is 0 Å². The van der Waals surface area contributed by atoms with Crippen LogP contribution in [0.15, 0.2) is 36.9 Å². The Labute approximate surface area is 141 Å². The molecule has 3 aromatic heterocycles. The van der Waals surface area contributed by atoms with Crippen molar-refractivity contribution >= 4 is 11.7 Å². The Morgan fingerprint density at radius 2 is 2.08 bits per heavy atom. The van der Waals surface area contributed by atoms with E-state index in [-0.39, 0.29) is 6.04 Å². The lowest BCUT2D eigenvalue weighted by Gasteiger charge is -2.16.